The van der Waals surface area contributed by atoms with Crippen LogP contribution in [0.1, 0.15) is 37.4 Å². The molecule has 0 radical (unpaired) electrons. The van der Waals surface area contributed by atoms with E-state index in [1.54, 1.807) is 11.3 Å². The Morgan fingerprint density at radius 3 is 2.55 bits per heavy atom. The fourth-order valence-corrected chi connectivity index (χ4v) is 6.50. The van der Waals surface area contributed by atoms with E-state index in [1.165, 1.54) is 32.7 Å². The van der Waals surface area contributed by atoms with Gasteiger partial charge in [0, 0.05) is 24.8 Å². The maximum Gasteiger partial charge on any atom is 0.157 e. The minimum absolute atomic E-state index is 0.334. The fourth-order valence-electron chi connectivity index (χ4n) is 5.65. The molecule has 5 aromatic rings. The third-order valence-corrected chi connectivity index (χ3v) is 8.56. The fraction of sp³-hybridized carbons (Fsp3) is 0.344. The molecule has 0 saturated carbocycles. The number of thiophene rings is 1. The monoisotopic (exact) mass is 524 g/mol. The lowest BCUT2D eigenvalue weighted by molar-refractivity contribution is 0.162. The van der Waals surface area contributed by atoms with Crippen LogP contribution < -0.4 is 10.1 Å². The number of rotatable bonds is 9. The molecule has 2 aromatic carbocycles. The van der Waals surface area contributed by atoms with Crippen LogP contribution in [-0.4, -0.2) is 33.3 Å². The SMILES string of the molecule is CCc1c(-c2ccccc2)nc(-c2cc3sccc3n2C)n1CCCc1ccc(OC2CCNCC2)cc1. The van der Waals surface area contributed by atoms with Crippen LogP contribution in [0.5, 0.6) is 5.75 Å². The first-order chi connectivity index (χ1) is 18.7. The highest BCUT2D eigenvalue weighted by Crippen LogP contribution is 2.34. The molecule has 0 amide bonds. The molecule has 6 rings (SSSR count). The Morgan fingerprint density at radius 2 is 1.82 bits per heavy atom. The first-order valence-electron chi connectivity index (χ1n) is 13.9. The summed E-state index contributed by atoms with van der Waals surface area (Å²) >= 11 is 1.79. The van der Waals surface area contributed by atoms with E-state index in [9.17, 15) is 0 Å². The minimum Gasteiger partial charge on any atom is -0.490 e. The minimum atomic E-state index is 0.334. The number of aromatic nitrogens is 3. The van der Waals surface area contributed by atoms with Gasteiger partial charge in [-0.2, -0.15) is 0 Å². The maximum absolute atomic E-state index is 6.20. The number of hydrogen-bond donors (Lipinski definition) is 1. The molecule has 1 fully saturated rings. The van der Waals surface area contributed by atoms with Crippen molar-refractivity contribution in [1.82, 2.24) is 19.4 Å². The second kappa shape index (κ2) is 11.2. The molecule has 0 spiro atoms. The van der Waals surface area contributed by atoms with Crippen LogP contribution in [0.3, 0.4) is 0 Å². The van der Waals surface area contributed by atoms with Gasteiger partial charge in [-0.05, 0) is 80.4 Å². The number of nitrogens with zero attached hydrogens (tertiary/aromatic N) is 3. The molecule has 1 N–H and O–H groups in total. The van der Waals surface area contributed by atoms with Gasteiger partial charge in [0.05, 0.1) is 21.6 Å². The van der Waals surface area contributed by atoms with E-state index in [0.29, 0.717) is 6.10 Å². The summed E-state index contributed by atoms with van der Waals surface area (Å²) in [6, 6.07) is 23.9. The Morgan fingerprint density at radius 1 is 1.03 bits per heavy atom. The largest absolute Gasteiger partial charge is 0.490 e. The number of piperidine rings is 1. The lowest BCUT2D eigenvalue weighted by Gasteiger charge is -2.23. The highest BCUT2D eigenvalue weighted by molar-refractivity contribution is 7.17. The second-order valence-electron chi connectivity index (χ2n) is 10.2. The van der Waals surface area contributed by atoms with Gasteiger partial charge >= 0.3 is 0 Å². The molecular formula is C32H36N4OS. The van der Waals surface area contributed by atoms with E-state index < -0.39 is 0 Å². The summed E-state index contributed by atoms with van der Waals surface area (Å²) in [4.78, 5) is 5.28. The number of imidazole rings is 1. The molecule has 0 unspecified atom stereocenters. The molecule has 3 aromatic heterocycles. The van der Waals surface area contributed by atoms with Crippen LogP contribution in [0.2, 0.25) is 0 Å². The van der Waals surface area contributed by atoms with Crippen LogP contribution in [0.4, 0.5) is 0 Å². The smallest absolute Gasteiger partial charge is 0.157 e. The second-order valence-corrected chi connectivity index (χ2v) is 11.1. The van der Waals surface area contributed by atoms with Gasteiger partial charge in [0.25, 0.3) is 0 Å². The Labute approximate surface area is 229 Å². The Bertz CT molecular complexity index is 1490. The highest BCUT2D eigenvalue weighted by Gasteiger charge is 2.21. The van der Waals surface area contributed by atoms with Crippen molar-refractivity contribution >= 4 is 21.6 Å². The van der Waals surface area contributed by atoms with Gasteiger partial charge in [0.1, 0.15) is 11.9 Å². The lowest BCUT2D eigenvalue weighted by atomic mass is 10.1. The van der Waals surface area contributed by atoms with E-state index in [4.69, 9.17) is 9.72 Å². The number of benzene rings is 2. The third-order valence-electron chi connectivity index (χ3n) is 7.71. The first kappa shape index (κ1) is 25.0. The quantitative estimate of drug-likeness (QED) is 0.224. The van der Waals surface area contributed by atoms with Crippen molar-refractivity contribution in [3.8, 4) is 28.5 Å². The average molecular weight is 525 g/mol. The van der Waals surface area contributed by atoms with Gasteiger partial charge in [0.2, 0.25) is 0 Å². The third kappa shape index (κ3) is 5.03. The van der Waals surface area contributed by atoms with E-state index >= 15 is 0 Å². The van der Waals surface area contributed by atoms with Crippen molar-refractivity contribution in [2.75, 3.05) is 13.1 Å². The van der Waals surface area contributed by atoms with Gasteiger partial charge in [0.15, 0.2) is 5.82 Å². The van der Waals surface area contributed by atoms with E-state index in [1.807, 2.05) is 0 Å². The molecule has 1 aliphatic heterocycles. The molecular weight excluding hydrogens is 488 g/mol. The lowest BCUT2D eigenvalue weighted by Crippen LogP contribution is -2.34. The molecule has 1 aliphatic rings. The molecule has 6 heteroatoms. The van der Waals surface area contributed by atoms with Gasteiger partial charge in [-0.1, -0.05) is 49.4 Å². The maximum atomic E-state index is 6.20. The summed E-state index contributed by atoms with van der Waals surface area (Å²) in [5.41, 5.74) is 7.40. The number of ether oxygens (including phenoxy) is 1. The molecule has 196 valence electrons. The summed E-state index contributed by atoms with van der Waals surface area (Å²) in [5.74, 6) is 2.05. The molecule has 0 bridgehead atoms. The predicted molar refractivity (Wildman–Crippen MR) is 158 cm³/mol. The Balaban J connectivity index is 1.24. The molecule has 38 heavy (non-hydrogen) atoms. The summed E-state index contributed by atoms with van der Waals surface area (Å²) in [5, 5.41) is 5.56. The zero-order valence-electron chi connectivity index (χ0n) is 22.3. The van der Waals surface area contributed by atoms with E-state index in [0.717, 1.165) is 69.0 Å². The van der Waals surface area contributed by atoms with Crippen LogP contribution >= 0.6 is 11.3 Å². The van der Waals surface area contributed by atoms with Crippen molar-refractivity contribution in [2.45, 2.75) is 51.7 Å². The van der Waals surface area contributed by atoms with Crippen molar-refractivity contribution < 1.29 is 4.74 Å². The van der Waals surface area contributed by atoms with Crippen molar-refractivity contribution in [3.63, 3.8) is 0 Å². The van der Waals surface area contributed by atoms with E-state index in [-0.39, 0.29) is 0 Å². The van der Waals surface area contributed by atoms with Crippen LogP contribution in [0.25, 0.3) is 33.0 Å². The first-order valence-corrected chi connectivity index (χ1v) is 14.7. The van der Waals surface area contributed by atoms with Crippen molar-refractivity contribution in [3.05, 3.63) is 83.4 Å². The van der Waals surface area contributed by atoms with E-state index in [2.05, 4.69) is 101 Å². The normalized spacial score (nSPS) is 14.4. The Kier molecular flexibility index (Phi) is 7.34. The van der Waals surface area contributed by atoms with Crippen LogP contribution in [0, 0.1) is 0 Å². The van der Waals surface area contributed by atoms with Gasteiger partial charge in [-0.25, -0.2) is 4.98 Å². The van der Waals surface area contributed by atoms with Crippen LogP contribution in [-0.2, 0) is 26.4 Å². The molecule has 5 nitrogen and oxygen atoms in total. The zero-order valence-corrected chi connectivity index (χ0v) is 23.1. The van der Waals surface area contributed by atoms with Gasteiger partial charge in [-0.15, -0.1) is 11.3 Å². The summed E-state index contributed by atoms with van der Waals surface area (Å²) in [6.07, 6.45) is 5.52. The van der Waals surface area contributed by atoms with Crippen molar-refractivity contribution in [2.24, 2.45) is 7.05 Å². The highest BCUT2D eigenvalue weighted by atomic mass is 32.1. The summed E-state index contributed by atoms with van der Waals surface area (Å²) in [7, 11) is 2.16. The predicted octanol–water partition coefficient (Wildman–Crippen LogP) is 7.10. The summed E-state index contributed by atoms with van der Waals surface area (Å²) in [6.45, 7) is 5.27. The van der Waals surface area contributed by atoms with Crippen LogP contribution in [0.15, 0.2) is 72.1 Å². The molecule has 0 aliphatic carbocycles. The molecule has 1 saturated heterocycles. The number of aryl methyl sites for hydroxylation is 2. The average Bonchev–Trinajstić information content (AvgIpc) is 3.65. The molecule has 4 heterocycles. The van der Waals surface area contributed by atoms with Crippen molar-refractivity contribution in [1.29, 1.82) is 0 Å². The topological polar surface area (TPSA) is 44.0 Å². The standard InChI is InChI=1S/C32H36N4OS/c1-3-27-31(24-9-5-4-6-10-24)34-32(29-22-30-28(35(29)2)17-21-38-30)36(27)20-7-8-23-11-13-25(14-12-23)37-26-15-18-33-19-16-26/h4-6,9-14,17,21-22,26,33H,3,7-8,15-16,18-20H2,1-2H3. The number of nitrogens with one attached hydrogen (secondary N) is 1. The van der Waals surface area contributed by atoms with Gasteiger partial charge < -0.3 is 19.2 Å². The zero-order chi connectivity index (χ0) is 25.9. The summed E-state index contributed by atoms with van der Waals surface area (Å²) < 4.78 is 12.3. The van der Waals surface area contributed by atoms with Gasteiger partial charge in [-0.3, -0.25) is 0 Å². The Hall–Kier alpha value is -3.35. The molecule has 0 atom stereocenters. The number of hydrogen-bond acceptors (Lipinski definition) is 4. The number of fused-ring (bicyclic) bond motifs is 1.